The van der Waals surface area contributed by atoms with Gasteiger partial charge in [0.05, 0.1) is 55.8 Å². The normalized spacial score (nSPS) is 13.7. The van der Waals surface area contributed by atoms with Crippen molar-refractivity contribution in [1.29, 1.82) is 0 Å². The number of halogens is 12. The first-order valence-electron chi connectivity index (χ1n) is 19.0. The number of fused-ring (bicyclic) bond motifs is 4. The van der Waals surface area contributed by atoms with E-state index in [1.807, 2.05) is 0 Å². The van der Waals surface area contributed by atoms with E-state index in [9.17, 15) is 62.3 Å². The highest BCUT2D eigenvalue weighted by atomic mass is 19.4. The average Bonchev–Trinajstić information content (AvgIpc) is 3.73. The van der Waals surface area contributed by atoms with Crippen LogP contribution in [0.2, 0.25) is 0 Å². The van der Waals surface area contributed by atoms with E-state index < -0.39 is 69.9 Å². The number of anilines is 1. The lowest BCUT2D eigenvalue weighted by Crippen LogP contribution is -2.29. The van der Waals surface area contributed by atoms with Gasteiger partial charge in [-0.3, -0.25) is 9.59 Å². The van der Waals surface area contributed by atoms with E-state index in [2.05, 4.69) is 0 Å². The molecular weight excluding hydrogens is 865 g/mol. The molecule has 9 rings (SSSR count). The van der Waals surface area contributed by atoms with E-state index in [0.717, 1.165) is 27.2 Å². The van der Waals surface area contributed by atoms with Crippen molar-refractivity contribution in [3.63, 3.8) is 0 Å². The molecule has 0 atom stereocenters. The molecule has 1 aromatic heterocycles. The molecule has 1 aliphatic rings. The first-order valence-corrected chi connectivity index (χ1v) is 19.0. The van der Waals surface area contributed by atoms with Crippen LogP contribution < -0.4 is 4.90 Å². The van der Waals surface area contributed by atoms with Crippen LogP contribution in [0.1, 0.15) is 43.0 Å². The van der Waals surface area contributed by atoms with Gasteiger partial charge in [-0.15, -0.1) is 0 Å². The zero-order valence-corrected chi connectivity index (χ0v) is 32.1. The van der Waals surface area contributed by atoms with Gasteiger partial charge in [0.2, 0.25) is 0 Å². The molecule has 0 spiro atoms. The SMILES string of the molecule is O=C1c2cccc(-n3c4c(-c5ccc(C(F)(F)F)cc5C(F)(F)F)cccc4c4cccc(-c5ccc(C(F)(F)F)cc5C(F)(F)F)c43)c2C(=O)N1c1cccc(-c2ccccc2)c1. The molecule has 0 radical (unpaired) electrons. The van der Waals surface area contributed by atoms with Crippen molar-refractivity contribution < 1.29 is 62.3 Å². The molecule has 0 bridgehead atoms. The van der Waals surface area contributed by atoms with Gasteiger partial charge >= 0.3 is 24.7 Å². The van der Waals surface area contributed by atoms with Gasteiger partial charge in [-0.2, -0.15) is 52.7 Å². The second-order valence-electron chi connectivity index (χ2n) is 14.8. The Balaban J connectivity index is 1.39. The van der Waals surface area contributed by atoms with Crippen LogP contribution in [-0.4, -0.2) is 16.4 Å². The van der Waals surface area contributed by atoms with Gasteiger partial charge in [0, 0.05) is 21.9 Å². The van der Waals surface area contributed by atoms with Crippen LogP contribution in [0.3, 0.4) is 0 Å². The third-order valence-electron chi connectivity index (χ3n) is 11.0. The van der Waals surface area contributed by atoms with Crippen molar-refractivity contribution in [3.8, 4) is 39.1 Å². The van der Waals surface area contributed by atoms with Gasteiger partial charge < -0.3 is 4.57 Å². The van der Waals surface area contributed by atoms with Crippen molar-refractivity contribution in [2.24, 2.45) is 0 Å². The number of hydrogen-bond acceptors (Lipinski definition) is 2. The van der Waals surface area contributed by atoms with E-state index >= 15 is 0 Å². The number of nitrogens with zero attached hydrogens (tertiary/aromatic N) is 2. The molecule has 0 N–H and O–H groups in total. The van der Waals surface area contributed by atoms with E-state index in [0.29, 0.717) is 29.8 Å². The predicted octanol–water partition coefficient (Wildman–Crippen LogP) is 14.7. The number of para-hydroxylation sites is 2. The van der Waals surface area contributed by atoms with Crippen molar-refractivity contribution >= 4 is 39.3 Å². The van der Waals surface area contributed by atoms with Gasteiger partial charge in [-0.05, 0) is 70.8 Å². The largest absolute Gasteiger partial charge is 0.417 e. The molecule has 4 nitrogen and oxygen atoms in total. The minimum atomic E-state index is -5.40. The summed E-state index contributed by atoms with van der Waals surface area (Å²) >= 11 is 0. The number of carbonyl (C=O) groups excluding carboxylic acids is 2. The molecule has 0 saturated heterocycles. The van der Waals surface area contributed by atoms with Gasteiger partial charge in [0.15, 0.2) is 0 Å². The Hall–Kier alpha value is -7.36. The maximum Gasteiger partial charge on any atom is 0.417 e. The lowest BCUT2D eigenvalue weighted by atomic mass is 9.94. The fraction of sp³-hybridized carbons (Fsp3) is 0.0833. The molecule has 7 aromatic carbocycles. The predicted molar refractivity (Wildman–Crippen MR) is 215 cm³/mol. The minimum absolute atomic E-state index is 0.0321. The summed E-state index contributed by atoms with van der Waals surface area (Å²) in [6.07, 6.45) is -21.2. The van der Waals surface area contributed by atoms with Crippen molar-refractivity contribution in [3.05, 3.63) is 179 Å². The smallest absolute Gasteiger partial charge is 0.307 e. The maximum absolute atomic E-state index is 14.9. The second kappa shape index (κ2) is 14.6. The number of alkyl halides is 12. The molecule has 0 unspecified atom stereocenters. The minimum Gasteiger partial charge on any atom is -0.307 e. The van der Waals surface area contributed by atoms with E-state index in [1.165, 1.54) is 48.5 Å². The Labute approximate surface area is 353 Å². The summed E-state index contributed by atoms with van der Waals surface area (Å²) in [7, 11) is 0. The summed E-state index contributed by atoms with van der Waals surface area (Å²) in [5.74, 6) is -1.78. The molecule has 2 heterocycles. The Morgan fingerprint density at radius 3 is 1.34 bits per heavy atom. The number of aromatic nitrogens is 1. The van der Waals surface area contributed by atoms with Gasteiger partial charge in [-0.1, -0.05) is 97.1 Å². The number of imide groups is 1. The van der Waals surface area contributed by atoms with E-state index in [4.69, 9.17) is 0 Å². The highest BCUT2D eigenvalue weighted by molar-refractivity contribution is 6.36. The van der Waals surface area contributed by atoms with E-state index in [-0.39, 0.29) is 67.6 Å². The number of amides is 2. The third-order valence-corrected chi connectivity index (χ3v) is 11.0. The van der Waals surface area contributed by atoms with Crippen molar-refractivity contribution in [2.75, 3.05) is 4.90 Å². The number of carbonyl (C=O) groups is 2. The maximum atomic E-state index is 14.9. The zero-order valence-electron chi connectivity index (χ0n) is 32.1. The van der Waals surface area contributed by atoms with Crippen LogP contribution in [0.5, 0.6) is 0 Å². The third kappa shape index (κ3) is 6.93. The van der Waals surface area contributed by atoms with Gasteiger partial charge in [-0.25, -0.2) is 4.90 Å². The summed E-state index contributed by atoms with van der Waals surface area (Å²) in [5, 5.41) is 0.0641. The summed E-state index contributed by atoms with van der Waals surface area (Å²) < 4.78 is 173. The Kier molecular flexibility index (Phi) is 9.58. The van der Waals surface area contributed by atoms with Crippen LogP contribution in [0, 0.1) is 0 Å². The van der Waals surface area contributed by atoms with E-state index in [1.54, 1.807) is 48.5 Å². The summed E-state index contributed by atoms with van der Waals surface area (Å²) in [6, 6.07) is 28.7. The Morgan fingerprint density at radius 1 is 0.375 bits per heavy atom. The molecule has 0 saturated carbocycles. The van der Waals surface area contributed by atoms with Crippen LogP contribution in [0.25, 0.3) is 60.9 Å². The quantitative estimate of drug-likeness (QED) is 0.128. The molecule has 1 aliphatic heterocycles. The highest BCUT2D eigenvalue weighted by Crippen LogP contribution is 2.49. The van der Waals surface area contributed by atoms with Crippen molar-refractivity contribution in [1.82, 2.24) is 4.57 Å². The lowest BCUT2D eigenvalue weighted by Gasteiger charge is -2.20. The second-order valence-corrected chi connectivity index (χ2v) is 14.8. The van der Waals surface area contributed by atoms with Crippen molar-refractivity contribution in [2.45, 2.75) is 24.7 Å². The Morgan fingerprint density at radius 2 is 0.844 bits per heavy atom. The monoisotopic (exact) mass is 888 g/mol. The van der Waals surface area contributed by atoms with Gasteiger partial charge in [0.25, 0.3) is 11.8 Å². The fourth-order valence-corrected chi connectivity index (χ4v) is 8.31. The fourth-order valence-electron chi connectivity index (χ4n) is 8.31. The molecule has 322 valence electrons. The molecule has 64 heavy (non-hydrogen) atoms. The van der Waals surface area contributed by atoms with Crippen LogP contribution in [0.4, 0.5) is 58.4 Å². The summed E-state index contributed by atoms with van der Waals surface area (Å²) in [5.41, 5.74) is -8.83. The molecule has 8 aromatic rings. The average molecular weight is 889 g/mol. The van der Waals surface area contributed by atoms with Crippen LogP contribution >= 0.6 is 0 Å². The summed E-state index contributed by atoms with van der Waals surface area (Å²) in [4.78, 5) is 29.9. The Bertz CT molecular complexity index is 3080. The topological polar surface area (TPSA) is 42.3 Å². The van der Waals surface area contributed by atoms with Gasteiger partial charge in [0.1, 0.15) is 0 Å². The number of benzene rings is 7. The zero-order chi connectivity index (χ0) is 45.7. The number of rotatable bonds is 5. The number of hydrogen-bond donors (Lipinski definition) is 0. The highest BCUT2D eigenvalue weighted by Gasteiger charge is 2.43. The molecule has 2 amide bonds. The van der Waals surface area contributed by atoms with Crippen LogP contribution in [-0.2, 0) is 24.7 Å². The molecule has 16 heteroatoms. The molecular formula is C48H24F12N2O2. The standard InChI is InChI=1S/C48H24F12N2O2/c49-45(50,51)27-18-20-30(37(23-27)47(55,56)57)32-12-5-14-34-35-15-6-13-33(31-21-19-28(46(52,53)54)24-38(31)48(58,59)60)42(35)62(41(32)34)39-17-7-16-36-40(39)44(64)61(43(36)63)29-11-4-10-26(22-29)25-8-2-1-3-9-25/h1-24H. The summed E-state index contributed by atoms with van der Waals surface area (Å²) in [6.45, 7) is 0. The lowest BCUT2D eigenvalue weighted by molar-refractivity contribution is -0.144. The molecule has 0 fully saturated rings. The molecule has 0 aliphatic carbocycles. The first-order chi connectivity index (χ1) is 30.1. The first kappa shape index (κ1) is 42.0. The van der Waals surface area contributed by atoms with Crippen LogP contribution in [0.15, 0.2) is 146 Å².